The van der Waals surface area contributed by atoms with Crippen LogP contribution in [0, 0.1) is 0 Å². The second kappa shape index (κ2) is 4.08. The van der Waals surface area contributed by atoms with Gasteiger partial charge in [-0.2, -0.15) is 0 Å². The highest BCUT2D eigenvalue weighted by atomic mass is 35.5. The van der Waals surface area contributed by atoms with Crippen LogP contribution in [0.3, 0.4) is 0 Å². The first-order valence-corrected chi connectivity index (χ1v) is 6.29. The molecule has 2 N–H and O–H groups in total. The van der Waals surface area contributed by atoms with Gasteiger partial charge in [0, 0.05) is 11.3 Å². The molecule has 1 aliphatic carbocycles. The van der Waals surface area contributed by atoms with Crippen molar-refractivity contribution >= 4 is 17.3 Å². The van der Waals surface area contributed by atoms with Gasteiger partial charge in [0.2, 0.25) is 0 Å². The lowest BCUT2D eigenvalue weighted by Gasteiger charge is -2.08. The summed E-state index contributed by atoms with van der Waals surface area (Å²) in [6, 6.07) is 12.3. The Labute approximate surface area is 106 Å². The van der Waals surface area contributed by atoms with E-state index in [4.69, 9.17) is 17.3 Å². The summed E-state index contributed by atoms with van der Waals surface area (Å²) < 4.78 is 0. The first-order valence-electron chi connectivity index (χ1n) is 5.91. The highest BCUT2D eigenvalue weighted by Gasteiger charge is 2.12. The molecule has 0 unspecified atom stereocenters. The molecule has 0 aromatic heterocycles. The second-order valence-corrected chi connectivity index (χ2v) is 4.98. The molecule has 17 heavy (non-hydrogen) atoms. The van der Waals surface area contributed by atoms with E-state index >= 15 is 0 Å². The van der Waals surface area contributed by atoms with Gasteiger partial charge in [0.05, 0.1) is 5.02 Å². The zero-order valence-electron chi connectivity index (χ0n) is 9.54. The Hall–Kier alpha value is -1.47. The van der Waals surface area contributed by atoms with Gasteiger partial charge in [-0.05, 0) is 48.1 Å². The zero-order chi connectivity index (χ0) is 11.8. The summed E-state index contributed by atoms with van der Waals surface area (Å²) in [6.07, 6.45) is 3.68. The van der Waals surface area contributed by atoms with Crippen LogP contribution in [0.2, 0.25) is 5.02 Å². The SMILES string of the molecule is Nc1ccc(-c2ccc3c(c2)CCC3)c(Cl)c1. The van der Waals surface area contributed by atoms with Gasteiger partial charge >= 0.3 is 0 Å². The molecule has 0 bridgehead atoms. The first kappa shape index (κ1) is 10.7. The highest BCUT2D eigenvalue weighted by molar-refractivity contribution is 6.33. The fourth-order valence-electron chi connectivity index (χ4n) is 2.50. The molecule has 0 spiro atoms. The van der Waals surface area contributed by atoms with Gasteiger partial charge in [-0.1, -0.05) is 35.9 Å². The smallest absolute Gasteiger partial charge is 0.0504 e. The van der Waals surface area contributed by atoms with E-state index in [1.807, 2.05) is 18.2 Å². The van der Waals surface area contributed by atoms with Crippen LogP contribution in [0.5, 0.6) is 0 Å². The molecule has 0 fully saturated rings. The molecule has 0 saturated heterocycles. The van der Waals surface area contributed by atoms with Gasteiger partial charge in [-0.15, -0.1) is 0 Å². The Balaban J connectivity index is 2.09. The summed E-state index contributed by atoms with van der Waals surface area (Å²) in [5.41, 5.74) is 11.6. The lowest BCUT2D eigenvalue weighted by atomic mass is 10.0. The number of halogens is 1. The van der Waals surface area contributed by atoms with Crippen molar-refractivity contribution in [3.8, 4) is 11.1 Å². The molecule has 1 aliphatic rings. The topological polar surface area (TPSA) is 26.0 Å². The van der Waals surface area contributed by atoms with Crippen molar-refractivity contribution in [2.45, 2.75) is 19.3 Å². The fourth-order valence-corrected chi connectivity index (χ4v) is 2.80. The summed E-state index contributed by atoms with van der Waals surface area (Å²) in [5, 5.41) is 0.725. The Morgan fingerprint density at radius 3 is 2.59 bits per heavy atom. The molecule has 3 rings (SSSR count). The molecule has 0 amide bonds. The minimum absolute atomic E-state index is 0.708. The highest BCUT2D eigenvalue weighted by Crippen LogP contribution is 2.32. The summed E-state index contributed by atoms with van der Waals surface area (Å²) in [4.78, 5) is 0. The fraction of sp³-hybridized carbons (Fsp3) is 0.200. The Kier molecular flexibility index (Phi) is 2.56. The van der Waals surface area contributed by atoms with Gasteiger partial charge in [0.15, 0.2) is 0 Å². The van der Waals surface area contributed by atoms with Gasteiger partial charge in [0.1, 0.15) is 0 Å². The van der Waals surface area contributed by atoms with E-state index in [0.29, 0.717) is 5.69 Å². The number of nitrogen functional groups attached to an aromatic ring is 1. The molecule has 86 valence electrons. The minimum atomic E-state index is 0.708. The molecule has 0 radical (unpaired) electrons. The largest absolute Gasteiger partial charge is 0.399 e. The van der Waals surface area contributed by atoms with Gasteiger partial charge in [-0.3, -0.25) is 0 Å². The normalized spacial score (nSPS) is 13.7. The van der Waals surface area contributed by atoms with E-state index in [2.05, 4.69) is 18.2 Å². The van der Waals surface area contributed by atoms with Crippen molar-refractivity contribution in [3.05, 3.63) is 52.5 Å². The summed E-state index contributed by atoms with van der Waals surface area (Å²) in [6.45, 7) is 0. The van der Waals surface area contributed by atoms with Gasteiger partial charge in [0.25, 0.3) is 0 Å². The third-order valence-corrected chi connectivity index (χ3v) is 3.72. The minimum Gasteiger partial charge on any atom is -0.399 e. The molecular weight excluding hydrogens is 230 g/mol. The van der Waals surface area contributed by atoms with Crippen molar-refractivity contribution < 1.29 is 0 Å². The molecular formula is C15H14ClN. The number of fused-ring (bicyclic) bond motifs is 1. The maximum atomic E-state index is 6.23. The molecule has 2 heteroatoms. The second-order valence-electron chi connectivity index (χ2n) is 4.58. The van der Waals surface area contributed by atoms with Crippen LogP contribution in [0.15, 0.2) is 36.4 Å². The van der Waals surface area contributed by atoms with Gasteiger partial charge < -0.3 is 5.73 Å². The van der Waals surface area contributed by atoms with Gasteiger partial charge in [-0.25, -0.2) is 0 Å². The van der Waals surface area contributed by atoms with E-state index < -0.39 is 0 Å². The summed E-state index contributed by atoms with van der Waals surface area (Å²) >= 11 is 6.23. The maximum Gasteiger partial charge on any atom is 0.0504 e. The van der Waals surface area contributed by atoms with Crippen LogP contribution < -0.4 is 5.73 Å². The number of rotatable bonds is 1. The molecule has 0 atom stereocenters. The average molecular weight is 244 g/mol. The summed E-state index contributed by atoms with van der Waals surface area (Å²) in [7, 11) is 0. The summed E-state index contributed by atoms with van der Waals surface area (Å²) in [5.74, 6) is 0. The zero-order valence-corrected chi connectivity index (χ0v) is 10.3. The van der Waals surface area contributed by atoms with Crippen molar-refractivity contribution in [3.63, 3.8) is 0 Å². The number of hydrogen-bond donors (Lipinski definition) is 1. The Morgan fingerprint density at radius 2 is 1.76 bits per heavy atom. The number of nitrogens with two attached hydrogens (primary N) is 1. The number of benzene rings is 2. The van der Waals surface area contributed by atoms with Crippen molar-refractivity contribution in [1.29, 1.82) is 0 Å². The van der Waals surface area contributed by atoms with Crippen LogP contribution in [0.25, 0.3) is 11.1 Å². The molecule has 0 saturated carbocycles. The van der Waals surface area contributed by atoms with Crippen molar-refractivity contribution in [2.24, 2.45) is 0 Å². The predicted octanol–water partition coefficient (Wildman–Crippen LogP) is 4.08. The maximum absolute atomic E-state index is 6.23. The third kappa shape index (κ3) is 1.91. The van der Waals surface area contributed by atoms with Crippen molar-refractivity contribution in [2.75, 3.05) is 5.73 Å². The van der Waals surface area contributed by atoms with E-state index in [9.17, 15) is 0 Å². The number of aryl methyl sites for hydroxylation is 2. The molecule has 1 nitrogen and oxygen atoms in total. The Bertz CT molecular complexity index is 575. The number of anilines is 1. The lowest BCUT2D eigenvalue weighted by Crippen LogP contribution is -1.88. The van der Waals surface area contributed by atoms with Crippen LogP contribution in [0.1, 0.15) is 17.5 Å². The standard InChI is InChI=1S/C15H14ClN/c16-15-9-13(17)6-7-14(15)12-5-4-10-2-1-3-11(10)8-12/h4-9H,1-3,17H2. The van der Waals surface area contributed by atoms with E-state index in [-0.39, 0.29) is 0 Å². The van der Waals surface area contributed by atoms with E-state index in [1.165, 1.54) is 36.0 Å². The molecule has 2 aromatic carbocycles. The Morgan fingerprint density at radius 1 is 0.941 bits per heavy atom. The predicted molar refractivity (Wildman–Crippen MR) is 73.3 cm³/mol. The third-order valence-electron chi connectivity index (χ3n) is 3.40. The molecule has 0 aliphatic heterocycles. The molecule has 2 aromatic rings. The first-order chi connectivity index (χ1) is 8.24. The van der Waals surface area contributed by atoms with Crippen LogP contribution in [0.4, 0.5) is 5.69 Å². The van der Waals surface area contributed by atoms with Crippen LogP contribution in [-0.4, -0.2) is 0 Å². The average Bonchev–Trinajstić information content (AvgIpc) is 2.75. The van der Waals surface area contributed by atoms with E-state index in [0.717, 1.165) is 10.6 Å². The molecule has 0 heterocycles. The van der Waals surface area contributed by atoms with Crippen LogP contribution >= 0.6 is 11.6 Å². The lowest BCUT2D eigenvalue weighted by molar-refractivity contribution is 0.912. The van der Waals surface area contributed by atoms with Crippen LogP contribution in [-0.2, 0) is 12.8 Å². The quantitative estimate of drug-likeness (QED) is 0.751. The van der Waals surface area contributed by atoms with Crippen molar-refractivity contribution in [1.82, 2.24) is 0 Å². The number of hydrogen-bond acceptors (Lipinski definition) is 1. The monoisotopic (exact) mass is 243 g/mol. The van der Waals surface area contributed by atoms with E-state index in [1.54, 1.807) is 0 Å².